The second-order valence-corrected chi connectivity index (χ2v) is 16.4. The number of aliphatic hydroxyl groups excluding tert-OH is 1. The summed E-state index contributed by atoms with van der Waals surface area (Å²) < 4.78 is 23.0. The number of unbranched alkanes of at least 4 members (excludes halogenated alkanes) is 19. The Labute approximate surface area is 308 Å². The molecule has 50 heavy (non-hydrogen) atoms. The number of allylic oxidation sites excluding steroid dienone is 5. The van der Waals surface area contributed by atoms with Crippen molar-refractivity contribution < 1.29 is 32.9 Å². The fraction of sp³-hybridized carbons (Fsp3) is 0.829. The molecule has 0 saturated carbocycles. The minimum Gasteiger partial charge on any atom is -0.756 e. The SMILES string of the molecule is CCCCCCC/C=C\C/C=C\CCCCCCCCCCCC(=O)NC(COP(=O)([O-])OCC[N+](C)(C)C)C(O)/C=C/CCCCCCC. The number of phosphoric ester groups is 1. The number of hydrogen-bond donors (Lipinski definition) is 2. The number of nitrogens with one attached hydrogen (secondary N) is 1. The maximum absolute atomic E-state index is 12.8. The van der Waals surface area contributed by atoms with Crippen molar-refractivity contribution in [1.82, 2.24) is 5.32 Å². The van der Waals surface area contributed by atoms with Crippen molar-refractivity contribution >= 4 is 13.7 Å². The number of carbonyl (C=O) groups is 1. The molecule has 0 radical (unpaired) electrons. The lowest BCUT2D eigenvalue weighted by atomic mass is 10.0. The molecule has 3 atom stereocenters. The van der Waals surface area contributed by atoms with E-state index < -0.39 is 20.0 Å². The molecule has 0 aliphatic carbocycles. The van der Waals surface area contributed by atoms with Crippen LogP contribution in [0.4, 0.5) is 0 Å². The summed E-state index contributed by atoms with van der Waals surface area (Å²) in [6.45, 7) is 4.55. The van der Waals surface area contributed by atoms with E-state index in [-0.39, 0.29) is 19.1 Å². The van der Waals surface area contributed by atoms with Crippen molar-refractivity contribution in [2.45, 2.75) is 180 Å². The lowest BCUT2D eigenvalue weighted by Gasteiger charge is -2.29. The van der Waals surface area contributed by atoms with Gasteiger partial charge in [0.2, 0.25) is 5.91 Å². The molecule has 0 aromatic rings. The molecule has 0 rings (SSSR count). The molecular formula is C41H79N2O6P. The fourth-order valence-corrected chi connectivity index (χ4v) is 6.26. The Balaban J connectivity index is 4.25. The Morgan fingerprint density at radius 1 is 0.700 bits per heavy atom. The third kappa shape index (κ3) is 35.1. The normalized spacial score (nSPS) is 14.9. The van der Waals surface area contributed by atoms with Crippen LogP contribution in [0.15, 0.2) is 36.5 Å². The van der Waals surface area contributed by atoms with Crippen LogP contribution in [0, 0.1) is 0 Å². The molecule has 0 spiro atoms. The van der Waals surface area contributed by atoms with E-state index in [4.69, 9.17) is 9.05 Å². The van der Waals surface area contributed by atoms with E-state index in [9.17, 15) is 19.4 Å². The van der Waals surface area contributed by atoms with Gasteiger partial charge in [-0.15, -0.1) is 0 Å². The van der Waals surface area contributed by atoms with Crippen LogP contribution in [-0.2, 0) is 18.4 Å². The van der Waals surface area contributed by atoms with Crippen molar-refractivity contribution in [3.63, 3.8) is 0 Å². The van der Waals surface area contributed by atoms with Gasteiger partial charge in [0.05, 0.1) is 39.9 Å². The fourth-order valence-electron chi connectivity index (χ4n) is 5.53. The van der Waals surface area contributed by atoms with Crippen molar-refractivity contribution in [2.75, 3.05) is 40.9 Å². The van der Waals surface area contributed by atoms with Gasteiger partial charge in [-0.05, 0) is 51.4 Å². The van der Waals surface area contributed by atoms with Gasteiger partial charge in [-0.1, -0.05) is 147 Å². The number of amides is 1. The summed E-state index contributed by atoms with van der Waals surface area (Å²) in [5.74, 6) is -0.208. The van der Waals surface area contributed by atoms with Gasteiger partial charge in [0.1, 0.15) is 13.2 Å². The van der Waals surface area contributed by atoms with E-state index >= 15 is 0 Å². The van der Waals surface area contributed by atoms with Gasteiger partial charge in [0, 0.05) is 6.42 Å². The molecular weight excluding hydrogens is 647 g/mol. The second kappa shape index (κ2) is 33.5. The molecule has 294 valence electrons. The monoisotopic (exact) mass is 727 g/mol. The van der Waals surface area contributed by atoms with Gasteiger partial charge >= 0.3 is 0 Å². The summed E-state index contributed by atoms with van der Waals surface area (Å²) in [4.78, 5) is 25.1. The van der Waals surface area contributed by atoms with E-state index in [0.29, 0.717) is 17.4 Å². The summed E-state index contributed by atoms with van der Waals surface area (Å²) >= 11 is 0. The minimum atomic E-state index is -4.57. The number of quaternary nitrogens is 1. The maximum Gasteiger partial charge on any atom is 0.268 e. The molecule has 8 nitrogen and oxygen atoms in total. The Kier molecular flexibility index (Phi) is 32.7. The molecule has 2 N–H and O–H groups in total. The molecule has 0 aliphatic rings. The summed E-state index contributed by atoms with van der Waals surface area (Å²) in [5, 5.41) is 13.6. The van der Waals surface area contributed by atoms with Crippen LogP contribution in [0.2, 0.25) is 0 Å². The summed E-state index contributed by atoms with van der Waals surface area (Å²) in [7, 11) is 1.25. The molecule has 0 fully saturated rings. The number of carbonyl (C=O) groups excluding carboxylic acids is 1. The number of phosphoric acid groups is 1. The quantitative estimate of drug-likeness (QED) is 0.0288. The zero-order valence-electron chi connectivity index (χ0n) is 33.1. The average molecular weight is 727 g/mol. The molecule has 9 heteroatoms. The topological polar surface area (TPSA) is 108 Å². The first-order valence-electron chi connectivity index (χ1n) is 20.4. The standard InChI is InChI=1S/C41H79N2O6P/c1-6-8-10-12-14-15-16-17-18-19-20-21-22-23-24-25-26-27-29-31-33-35-41(45)42-39(40(44)34-32-30-28-13-11-9-7-2)38-49-50(46,47)48-37-36-43(3,4)5/h16-17,19-20,32,34,39-40,44H,6-15,18,21-31,33,35-38H2,1-5H3,(H-,42,45,46,47)/b17-16-,20-19-,34-32+. The highest BCUT2D eigenvalue weighted by atomic mass is 31.2. The highest BCUT2D eigenvalue weighted by molar-refractivity contribution is 7.45. The van der Waals surface area contributed by atoms with Gasteiger partial charge in [0.25, 0.3) is 7.82 Å². The van der Waals surface area contributed by atoms with Gasteiger partial charge < -0.3 is 28.8 Å². The summed E-state index contributed by atoms with van der Waals surface area (Å²) in [5.41, 5.74) is 0. The molecule has 0 bridgehead atoms. The van der Waals surface area contributed by atoms with Crippen molar-refractivity contribution in [1.29, 1.82) is 0 Å². The lowest BCUT2D eigenvalue weighted by molar-refractivity contribution is -0.870. The van der Waals surface area contributed by atoms with Crippen LogP contribution in [0.3, 0.4) is 0 Å². The third-order valence-corrected chi connectivity index (χ3v) is 9.81. The molecule has 3 unspecified atom stereocenters. The van der Waals surface area contributed by atoms with Crippen LogP contribution in [0.25, 0.3) is 0 Å². The smallest absolute Gasteiger partial charge is 0.268 e. The van der Waals surface area contributed by atoms with E-state index in [2.05, 4.69) is 43.5 Å². The Bertz CT molecular complexity index is 917. The second-order valence-electron chi connectivity index (χ2n) is 15.0. The van der Waals surface area contributed by atoms with Crippen LogP contribution < -0.4 is 10.2 Å². The van der Waals surface area contributed by atoms with Crippen LogP contribution >= 0.6 is 7.82 Å². The first kappa shape index (κ1) is 48.7. The molecule has 0 aliphatic heterocycles. The zero-order valence-corrected chi connectivity index (χ0v) is 34.0. The molecule has 0 saturated heterocycles. The van der Waals surface area contributed by atoms with Crippen LogP contribution in [-0.4, -0.2) is 68.5 Å². The van der Waals surface area contributed by atoms with Crippen molar-refractivity contribution in [2.24, 2.45) is 0 Å². The van der Waals surface area contributed by atoms with Gasteiger partial charge in [-0.25, -0.2) is 0 Å². The number of likely N-dealkylation sites (N-methyl/N-ethyl adjacent to an activating group) is 1. The Hall–Kier alpha value is -1.28. The lowest BCUT2D eigenvalue weighted by Crippen LogP contribution is -2.45. The summed E-state index contributed by atoms with van der Waals surface area (Å²) in [6, 6.07) is -0.884. The predicted octanol–water partition coefficient (Wildman–Crippen LogP) is 10.1. The molecule has 1 amide bonds. The van der Waals surface area contributed by atoms with E-state index in [0.717, 1.165) is 44.9 Å². The molecule has 0 heterocycles. The average Bonchev–Trinajstić information content (AvgIpc) is 3.06. The highest BCUT2D eigenvalue weighted by Gasteiger charge is 2.23. The number of aliphatic hydroxyl groups is 1. The maximum atomic E-state index is 12.8. The first-order chi connectivity index (χ1) is 24.0. The van der Waals surface area contributed by atoms with E-state index in [1.807, 2.05) is 27.2 Å². The zero-order chi connectivity index (χ0) is 37.2. The minimum absolute atomic E-state index is 0.00294. The van der Waals surface area contributed by atoms with Gasteiger partial charge in [-0.2, -0.15) is 0 Å². The van der Waals surface area contributed by atoms with Gasteiger partial charge in [-0.3, -0.25) is 9.36 Å². The number of rotatable bonds is 36. The van der Waals surface area contributed by atoms with Crippen LogP contribution in [0.5, 0.6) is 0 Å². The largest absolute Gasteiger partial charge is 0.756 e. The first-order valence-corrected chi connectivity index (χ1v) is 21.8. The van der Waals surface area contributed by atoms with Gasteiger partial charge in [0.15, 0.2) is 0 Å². The van der Waals surface area contributed by atoms with E-state index in [1.165, 1.54) is 103 Å². The molecule has 0 aromatic carbocycles. The Morgan fingerprint density at radius 2 is 1.16 bits per heavy atom. The number of nitrogens with zero attached hydrogens (tertiary/aromatic N) is 1. The Morgan fingerprint density at radius 3 is 1.66 bits per heavy atom. The van der Waals surface area contributed by atoms with Crippen LogP contribution in [0.1, 0.15) is 168 Å². The highest BCUT2D eigenvalue weighted by Crippen LogP contribution is 2.38. The van der Waals surface area contributed by atoms with Crippen molar-refractivity contribution in [3.8, 4) is 0 Å². The molecule has 0 aromatic heterocycles. The predicted molar refractivity (Wildman–Crippen MR) is 210 cm³/mol. The third-order valence-electron chi connectivity index (χ3n) is 8.84. The summed E-state index contributed by atoms with van der Waals surface area (Å²) in [6.07, 6.45) is 39.2. The van der Waals surface area contributed by atoms with E-state index in [1.54, 1.807) is 6.08 Å². The number of hydrogen-bond acceptors (Lipinski definition) is 6. The van der Waals surface area contributed by atoms with Crippen molar-refractivity contribution in [3.05, 3.63) is 36.5 Å².